The van der Waals surface area contributed by atoms with Crippen LogP contribution in [0.3, 0.4) is 0 Å². The van der Waals surface area contributed by atoms with E-state index in [1.54, 1.807) is 7.05 Å². The van der Waals surface area contributed by atoms with Gasteiger partial charge in [0.15, 0.2) is 11.7 Å². The Morgan fingerprint density at radius 1 is 1.28 bits per heavy atom. The van der Waals surface area contributed by atoms with Gasteiger partial charge in [0, 0.05) is 25.1 Å². The largest absolute Gasteiger partial charge is 0.359 e. The summed E-state index contributed by atoms with van der Waals surface area (Å²) in [5.74, 6) is 1.65. The lowest BCUT2D eigenvalue weighted by Gasteiger charge is -2.18. The quantitative estimate of drug-likeness (QED) is 0.623. The molecule has 6 heteroatoms. The molecule has 1 fully saturated rings. The lowest BCUT2D eigenvalue weighted by Crippen LogP contribution is -2.40. The van der Waals surface area contributed by atoms with Gasteiger partial charge in [0.1, 0.15) is 5.82 Å². The Kier molecular flexibility index (Phi) is 5.06. The SMILES string of the molecule is CN=C(NCc1cc(C(C)C)no1)NCC1(c2ccc(F)cc2)CC1. The second-order valence-corrected chi connectivity index (χ2v) is 6.94. The van der Waals surface area contributed by atoms with E-state index in [1.165, 1.54) is 17.7 Å². The molecule has 2 aromatic rings. The lowest BCUT2D eigenvalue weighted by atomic mass is 9.96. The first-order valence-corrected chi connectivity index (χ1v) is 8.68. The molecule has 0 unspecified atom stereocenters. The summed E-state index contributed by atoms with van der Waals surface area (Å²) in [6.45, 7) is 5.47. The number of nitrogens with one attached hydrogen (secondary N) is 2. The van der Waals surface area contributed by atoms with Gasteiger partial charge in [-0.25, -0.2) is 4.39 Å². The van der Waals surface area contributed by atoms with E-state index in [4.69, 9.17) is 4.52 Å². The molecule has 2 N–H and O–H groups in total. The van der Waals surface area contributed by atoms with Crippen molar-refractivity contribution in [1.82, 2.24) is 15.8 Å². The molecule has 3 rings (SSSR count). The van der Waals surface area contributed by atoms with Crippen LogP contribution in [0.5, 0.6) is 0 Å². The van der Waals surface area contributed by atoms with Crippen LogP contribution in [0.15, 0.2) is 39.8 Å². The van der Waals surface area contributed by atoms with Crippen molar-refractivity contribution >= 4 is 5.96 Å². The molecule has 1 aliphatic carbocycles. The van der Waals surface area contributed by atoms with Crippen LogP contribution in [0.2, 0.25) is 0 Å². The monoisotopic (exact) mass is 344 g/mol. The van der Waals surface area contributed by atoms with Gasteiger partial charge in [0.25, 0.3) is 0 Å². The van der Waals surface area contributed by atoms with E-state index in [2.05, 4.69) is 34.6 Å². The van der Waals surface area contributed by atoms with Crippen LogP contribution in [0.25, 0.3) is 0 Å². The van der Waals surface area contributed by atoms with E-state index in [0.29, 0.717) is 12.5 Å². The molecule has 0 saturated heterocycles. The van der Waals surface area contributed by atoms with Crippen molar-refractivity contribution < 1.29 is 8.91 Å². The van der Waals surface area contributed by atoms with Crippen molar-refractivity contribution in [2.75, 3.05) is 13.6 Å². The second kappa shape index (κ2) is 7.25. The highest BCUT2D eigenvalue weighted by molar-refractivity contribution is 5.79. The average molecular weight is 344 g/mol. The number of nitrogens with zero attached hydrogens (tertiary/aromatic N) is 2. The van der Waals surface area contributed by atoms with E-state index in [1.807, 2.05) is 18.2 Å². The van der Waals surface area contributed by atoms with Gasteiger partial charge in [-0.1, -0.05) is 31.1 Å². The van der Waals surface area contributed by atoms with E-state index >= 15 is 0 Å². The van der Waals surface area contributed by atoms with Crippen LogP contribution in [-0.2, 0) is 12.0 Å². The fourth-order valence-electron chi connectivity index (χ4n) is 2.85. The molecular formula is C19H25FN4O. The predicted octanol–water partition coefficient (Wildman–Crippen LogP) is 3.33. The Balaban J connectivity index is 1.53. The Morgan fingerprint density at radius 2 is 2.00 bits per heavy atom. The third kappa shape index (κ3) is 4.18. The molecule has 0 amide bonds. The topological polar surface area (TPSA) is 62.5 Å². The second-order valence-electron chi connectivity index (χ2n) is 6.94. The highest BCUT2D eigenvalue weighted by atomic mass is 19.1. The van der Waals surface area contributed by atoms with E-state index < -0.39 is 0 Å². The minimum absolute atomic E-state index is 0.0857. The summed E-state index contributed by atoms with van der Waals surface area (Å²) in [6.07, 6.45) is 2.20. The predicted molar refractivity (Wildman–Crippen MR) is 96.1 cm³/mol. The summed E-state index contributed by atoms with van der Waals surface area (Å²) in [5, 5.41) is 10.7. The Bertz CT molecular complexity index is 732. The molecule has 1 heterocycles. The summed E-state index contributed by atoms with van der Waals surface area (Å²) in [6, 6.07) is 8.77. The van der Waals surface area contributed by atoms with Gasteiger partial charge in [0.2, 0.25) is 0 Å². The van der Waals surface area contributed by atoms with Crippen LogP contribution in [0, 0.1) is 5.82 Å². The zero-order chi connectivity index (χ0) is 17.9. The van der Waals surface area contributed by atoms with E-state index in [0.717, 1.165) is 36.8 Å². The number of guanidine groups is 1. The molecule has 1 saturated carbocycles. The van der Waals surface area contributed by atoms with Crippen molar-refractivity contribution in [2.24, 2.45) is 4.99 Å². The molecule has 1 aromatic heterocycles. The molecule has 1 aromatic carbocycles. The first kappa shape index (κ1) is 17.5. The molecular weight excluding hydrogens is 319 g/mol. The zero-order valence-corrected chi connectivity index (χ0v) is 15.0. The van der Waals surface area contributed by atoms with Crippen LogP contribution in [0.4, 0.5) is 4.39 Å². The molecule has 0 atom stereocenters. The normalized spacial score (nSPS) is 16.1. The van der Waals surface area contributed by atoms with Gasteiger partial charge in [-0.15, -0.1) is 0 Å². The van der Waals surface area contributed by atoms with E-state index in [9.17, 15) is 4.39 Å². The number of benzene rings is 1. The van der Waals surface area contributed by atoms with Crippen molar-refractivity contribution in [3.05, 3.63) is 53.2 Å². The molecule has 0 spiro atoms. The molecule has 0 aliphatic heterocycles. The first-order chi connectivity index (χ1) is 12.0. The van der Waals surface area contributed by atoms with Crippen molar-refractivity contribution in [3.63, 3.8) is 0 Å². The smallest absolute Gasteiger partial charge is 0.191 e. The Labute approximate surface area is 147 Å². The molecule has 5 nitrogen and oxygen atoms in total. The lowest BCUT2D eigenvalue weighted by molar-refractivity contribution is 0.372. The van der Waals surface area contributed by atoms with Gasteiger partial charge in [0.05, 0.1) is 12.2 Å². The highest BCUT2D eigenvalue weighted by Crippen LogP contribution is 2.47. The average Bonchev–Trinajstić information content (AvgIpc) is 3.24. The van der Waals surface area contributed by atoms with Crippen LogP contribution >= 0.6 is 0 Å². The zero-order valence-electron chi connectivity index (χ0n) is 15.0. The number of hydrogen-bond acceptors (Lipinski definition) is 3. The van der Waals surface area contributed by atoms with Gasteiger partial charge >= 0.3 is 0 Å². The van der Waals surface area contributed by atoms with Crippen molar-refractivity contribution in [1.29, 1.82) is 0 Å². The summed E-state index contributed by atoms with van der Waals surface area (Å²) in [4.78, 5) is 4.26. The van der Waals surface area contributed by atoms with Gasteiger partial charge in [-0.05, 0) is 36.5 Å². The summed E-state index contributed by atoms with van der Waals surface area (Å²) < 4.78 is 18.4. The minimum atomic E-state index is -0.196. The van der Waals surface area contributed by atoms with Crippen molar-refractivity contribution in [2.45, 2.75) is 44.6 Å². The number of halogens is 1. The highest BCUT2D eigenvalue weighted by Gasteiger charge is 2.44. The molecule has 1 aliphatic rings. The maximum Gasteiger partial charge on any atom is 0.191 e. The molecule has 0 radical (unpaired) electrons. The first-order valence-electron chi connectivity index (χ1n) is 8.68. The number of aromatic nitrogens is 1. The van der Waals surface area contributed by atoms with Crippen molar-refractivity contribution in [3.8, 4) is 0 Å². The van der Waals surface area contributed by atoms with Crippen LogP contribution in [-0.4, -0.2) is 24.7 Å². The summed E-state index contributed by atoms with van der Waals surface area (Å²) in [5.41, 5.74) is 2.21. The van der Waals surface area contributed by atoms with Gasteiger partial charge in [-0.2, -0.15) is 0 Å². The molecule has 134 valence electrons. The Morgan fingerprint density at radius 3 is 2.56 bits per heavy atom. The molecule has 25 heavy (non-hydrogen) atoms. The fraction of sp³-hybridized carbons (Fsp3) is 0.474. The number of aliphatic imine (C=N–C) groups is 1. The number of rotatable bonds is 6. The molecule has 0 bridgehead atoms. The Hall–Kier alpha value is -2.37. The maximum atomic E-state index is 13.1. The van der Waals surface area contributed by atoms with Crippen LogP contribution < -0.4 is 10.6 Å². The minimum Gasteiger partial charge on any atom is -0.359 e. The van der Waals surface area contributed by atoms with Gasteiger partial charge < -0.3 is 15.2 Å². The summed E-state index contributed by atoms with van der Waals surface area (Å²) >= 11 is 0. The van der Waals surface area contributed by atoms with Gasteiger partial charge in [-0.3, -0.25) is 4.99 Å². The third-order valence-corrected chi connectivity index (χ3v) is 4.73. The fourth-order valence-corrected chi connectivity index (χ4v) is 2.85. The van der Waals surface area contributed by atoms with Crippen LogP contribution in [0.1, 0.15) is 49.6 Å². The van der Waals surface area contributed by atoms with E-state index in [-0.39, 0.29) is 11.2 Å². The summed E-state index contributed by atoms with van der Waals surface area (Å²) in [7, 11) is 1.74. The number of hydrogen-bond donors (Lipinski definition) is 2. The maximum absolute atomic E-state index is 13.1. The standard InChI is InChI=1S/C19H25FN4O/c1-13(2)17-10-16(25-24-17)11-22-18(21-3)23-12-19(8-9-19)14-4-6-15(20)7-5-14/h4-7,10,13H,8-9,11-12H2,1-3H3,(H2,21,22,23). The third-order valence-electron chi connectivity index (χ3n) is 4.73.